The topological polar surface area (TPSA) is 58.8 Å². The zero-order chi connectivity index (χ0) is 13.2. The first kappa shape index (κ1) is 12.8. The van der Waals surface area contributed by atoms with Gasteiger partial charge in [0.1, 0.15) is 12.2 Å². The summed E-state index contributed by atoms with van der Waals surface area (Å²) in [5.41, 5.74) is 0.561. The Morgan fingerprint density at radius 1 is 1.33 bits per heavy atom. The first-order valence-corrected chi connectivity index (χ1v) is 6.38. The monoisotopic (exact) mass is 245 g/mol. The molecule has 0 bridgehead atoms. The molecule has 0 aliphatic heterocycles. The van der Waals surface area contributed by atoms with Crippen LogP contribution in [0, 0.1) is 22.7 Å². The number of hydrogen-bond donors (Lipinski definition) is 0. The highest BCUT2D eigenvalue weighted by molar-refractivity contribution is 5.30. The predicted molar refractivity (Wildman–Crippen MR) is 68.0 cm³/mol. The molecule has 4 heteroatoms. The van der Waals surface area contributed by atoms with Crippen molar-refractivity contribution in [3.05, 3.63) is 18.1 Å². The standard InChI is InChI=1S/C14H19N3O/c1-10-6-11(8-14(2,3)7-10)18-13-12(9-15)16-4-5-17-13/h4-5,10-11H,6-8H2,1-3H3. The number of hydrogen-bond acceptors (Lipinski definition) is 4. The number of rotatable bonds is 2. The Bertz CT molecular complexity index is 464. The minimum absolute atomic E-state index is 0.132. The average molecular weight is 245 g/mol. The maximum absolute atomic E-state index is 8.97. The molecular weight excluding hydrogens is 226 g/mol. The number of nitriles is 1. The maximum Gasteiger partial charge on any atom is 0.251 e. The van der Waals surface area contributed by atoms with E-state index in [1.165, 1.54) is 12.6 Å². The molecule has 1 aliphatic carbocycles. The molecule has 1 saturated carbocycles. The van der Waals surface area contributed by atoms with Crippen molar-refractivity contribution in [2.45, 2.75) is 46.1 Å². The van der Waals surface area contributed by atoms with Gasteiger partial charge in [0.15, 0.2) is 0 Å². The molecule has 0 aromatic carbocycles. The van der Waals surface area contributed by atoms with Gasteiger partial charge in [-0.15, -0.1) is 0 Å². The van der Waals surface area contributed by atoms with Gasteiger partial charge in [0.05, 0.1) is 0 Å². The SMILES string of the molecule is CC1CC(Oc2nccnc2C#N)CC(C)(C)C1. The molecule has 1 aliphatic rings. The quantitative estimate of drug-likeness (QED) is 0.803. The molecule has 96 valence electrons. The summed E-state index contributed by atoms with van der Waals surface area (Å²) in [5, 5.41) is 8.97. The molecule has 0 N–H and O–H groups in total. The molecule has 0 saturated heterocycles. The number of nitrogens with zero attached hydrogens (tertiary/aromatic N) is 3. The second kappa shape index (κ2) is 4.93. The van der Waals surface area contributed by atoms with E-state index in [1.807, 2.05) is 6.07 Å². The molecule has 1 heterocycles. The fourth-order valence-electron chi connectivity index (χ4n) is 2.99. The molecule has 1 aromatic rings. The summed E-state index contributed by atoms with van der Waals surface area (Å²) in [5.74, 6) is 1.01. The fourth-order valence-corrected chi connectivity index (χ4v) is 2.99. The Kier molecular flexibility index (Phi) is 3.51. The third-order valence-electron chi connectivity index (χ3n) is 3.40. The van der Waals surface area contributed by atoms with Gasteiger partial charge < -0.3 is 4.74 Å². The Morgan fingerprint density at radius 3 is 2.72 bits per heavy atom. The van der Waals surface area contributed by atoms with Crippen molar-refractivity contribution in [1.29, 1.82) is 5.26 Å². The smallest absolute Gasteiger partial charge is 0.251 e. The van der Waals surface area contributed by atoms with Crippen molar-refractivity contribution in [1.82, 2.24) is 9.97 Å². The molecule has 0 amide bonds. The van der Waals surface area contributed by atoms with Gasteiger partial charge in [0.25, 0.3) is 5.88 Å². The highest BCUT2D eigenvalue weighted by Gasteiger charge is 2.33. The zero-order valence-corrected chi connectivity index (χ0v) is 11.2. The summed E-state index contributed by atoms with van der Waals surface area (Å²) in [6.45, 7) is 6.78. The normalized spacial score (nSPS) is 26.3. The van der Waals surface area contributed by atoms with E-state index in [9.17, 15) is 0 Å². The molecular formula is C14H19N3O. The second-order valence-corrected chi connectivity index (χ2v) is 5.98. The summed E-state index contributed by atoms with van der Waals surface area (Å²) < 4.78 is 5.89. The van der Waals surface area contributed by atoms with Gasteiger partial charge in [0.2, 0.25) is 5.69 Å². The van der Waals surface area contributed by atoms with E-state index in [1.54, 1.807) is 6.20 Å². The second-order valence-electron chi connectivity index (χ2n) is 5.98. The van der Waals surface area contributed by atoms with Crippen LogP contribution in [0.25, 0.3) is 0 Å². The molecule has 0 spiro atoms. The van der Waals surface area contributed by atoms with Gasteiger partial charge >= 0.3 is 0 Å². The van der Waals surface area contributed by atoms with Crippen molar-refractivity contribution >= 4 is 0 Å². The Hall–Kier alpha value is -1.63. The van der Waals surface area contributed by atoms with Gasteiger partial charge in [-0.1, -0.05) is 20.8 Å². The molecule has 4 nitrogen and oxygen atoms in total. The van der Waals surface area contributed by atoms with Crippen LogP contribution in [0.3, 0.4) is 0 Å². The first-order valence-electron chi connectivity index (χ1n) is 6.38. The van der Waals surface area contributed by atoms with Crippen LogP contribution in [-0.2, 0) is 0 Å². The summed E-state index contributed by atoms with van der Waals surface area (Å²) in [7, 11) is 0. The van der Waals surface area contributed by atoms with Crippen LogP contribution in [0.5, 0.6) is 5.88 Å². The van der Waals surface area contributed by atoms with E-state index in [0.29, 0.717) is 11.8 Å². The third-order valence-corrected chi connectivity index (χ3v) is 3.40. The average Bonchev–Trinajstić information content (AvgIpc) is 2.27. The van der Waals surface area contributed by atoms with Crippen LogP contribution in [0.15, 0.2) is 12.4 Å². The van der Waals surface area contributed by atoms with E-state index in [-0.39, 0.29) is 17.2 Å². The van der Waals surface area contributed by atoms with Gasteiger partial charge in [-0.05, 0) is 30.6 Å². The maximum atomic E-state index is 8.97. The van der Waals surface area contributed by atoms with E-state index in [4.69, 9.17) is 10.00 Å². The van der Waals surface area contributed by atoms with Crippen LogP contribution in [-0.4, -0.2) is 16.1 Å². The van der Waals surface area contributed by atoms with Crippen LogP contribution in [0.2, 0.25) is 0 Å². The first-order chi connectivity index (χ1) is 8.50. The van der Waals surface area contributed by atoms with Crippen LogP contribution in [0.1, 0.15) is 45.7 Å². The number of aromatic nitrogens is 2. The van der Waals surface area contributed by atoms with Gasteiger partial charge in [-0.25, -0.2) is 9.97 Å². The third kappa shape index (κ3) is 2.98. The lowest BCUT2D eigenvalue weighted by atomic mass is 9.71. The lowest BCUT2D eigenvalue weighted by molar-refractivity contribution is 0.0527. The van der Waals surface area contributed by atoms with Crippen molar-refractivity contribution in [2.75, 3.05) is 0 Å². The molecule has 18 heavy (non-hydrogen) atoms. The van der Waals surface area contributed by atoms with Crippen molar-refractivity contribution in [3.8, 4) is 11.9 Å². The zero-order valence-electron chi connectivity index (χ0n) is 11.2. The number of ether oxygens (including phenoxy) is 1. The molecule has 0 radical (unpaired) electrons. The van der Waals surface area contributed by atoms with Gasteiger partial charge in [-0.2, -0.15) is 5.26 Å². The minimum Gasteiger partial charge on any atom is -0.472 e. The van der Waals surface area contributed by atoms with Crippen LogP contribution >= 0.6 is 0 Å². The Morgan fingerprint density at radius 2 is 2.06 bits per heavy atom. The molecule has 2 unspecified atom stereocenters. The minimum atomic E-state index is 0.132. The summed E-state index contributed by atoms with van der Waals surface area (Å²) >= 11 is 0. The summed E-state index contributed by atoms with van der Waals surface area (Å²) in [6.07, 6.45) is 6.45. The highest BCUT2D eigenvalue weighted by atomic mass is 16.5. The summed E-state index contributed by atoms with van der Waals surface area (Å²) in [6, 6.07) is 2.02. The van der Waals surface area contributed by atoms with E-state index < -0.39 is 0 Å². The van der Waals surface area contributed by atoms with Crippen LogP contribution < -0.4 is 4.74 Å². The van der Waals surface area contributed by atoms with E-state index >= 15 is 0 Å². The van der Waals surface area contributed by atoms with Crippen molar-refractivity contribution < 1.29 is 4.74 Å². The fraction of sp³-hybridized carbons (Fsp3) is 0.643. The van der Waals surface area contributed by atoms with E-state index in [0.717, 1.165) is 12.8 Å². The lowest BCUT2D eigenvalue weighted by Gasteiger charge is -2.38. The molecule has 2 atom stereocenters. The van der Waals surface area contributed by atoms with Crippen molar-refractivity contribution in [3.63, 3.8) is 0 Å². The molecule has 1 aromatic heterocycles. The van der Waals surface area contributed by atoms with Crippen molar-refractivity contribution in [2.24, 2.45) is 11.3 Å². The Labute approximate surface area is 108 Å². The summed E-state index contributed by atoms with van der Waals surface area (Å²) in [4.78, 5) is 8.08. The molecule has 2 rings (SSSR count). The van der Waals surface area contributed by atoms with Gasteiger partial charge in [-0.3, -0.25) is 0 Å². The molecule has 1 fully saturated rings. The highest BCUT2D eigenvalue weighted by Crippen LogP contribution is 2.39. The Balaban J connectivity index is 2.12. The lowest BCUT2D eigenvalue weighted by Crippen LogP contribution is -2.34. The van der Waals surface area contributed by atoms with E-state index in [2.05, 4.69) is 30.7 Å². The predicted octanol–water partition coefficient (Wildman–Crippen LogP) is 2.94. The largest absolute Gasteiger partial charge is 0.472 e. The van der Waals surface area contributed by atoms with Gasteiger partial charge in [0, 0.05) is 12.4 Å². The van der Waals surface area contributed by atoms with Crippen LogP contribution in [0.4, 0.5) is 0 Å².